The van der Waals surface area contributed by atoms with Crippen LogP contribution in [0, 0.1) is 10.1 Å². The first-order valence-electron chi connectivity index (χ1n) is 4.90. The molecule has 0 unspecified atom stereocenters. The lowest BCUT2D eigenvalue weighted by molar-refractivity contribution is -0.380. The van der Waals surface area contributed by atoms with Crippen LogP contribution in [0.15, 0.2) is 12.1 Å². The van der Waals surface area contributed by atoms with Crippen molar-refractivity contribution in [2.45, 2.75) is 18.8 Å². The summed E-state index contributed by atoms with van der Waals surface area (Å²) in [6, 6.07) is 3.19. The van der Waals surface area contributed by atoms with Crippen molar-refractivity contribution in [3.63, 3.8) is 0 Å². The van der Waals surface area contributed by atoms with Crippen molar-refractivity contribution in [2.24, 2.45) is 0 Å². The molecule has 0 saturated heterocycles. The minimum atomic E-state index is -0.397. The van der Waals surface area contributed by atoms with Gasteiger partial charge in [0.25, 0.3) is 0 Å². The molecule has 0 spiro atoms. The zero-order valence-corrected chi connectivity index (χ0v) is 11.4. The predicted octanol–water partition coefficient (Wildman–Crippen LogP) is 2.83. The van der Waals surface area contributed by atoms with Gasteiger partial charge in [-0.25, -0.2) is 0 Å². The summed E-state index contributed by atoms with van der Waals surface area (Å²) in [5, 5.41) is 19.5. The number of thiophene rings is 1. The summed E-state index contributed by atoms with van der Waals surface area (Å²) < 4.78 is 1.93. The lowest BCUT2D eigenvalue weighted by Gasteiger charge is -2.03. The Labute approximate surface area is 110 Å². The molecule has 0 saturated carbocycles. The number of nitrogens with zero attached hydrogens (tertiary/aromatic N) is 4. The maximum absolute atomic E-state index is 10.6. The third-order valence-electron chi connectivity index (χ3n) is 2.26. The number of alkyl halides is 1. The fourth-order valence-electron chi connectivity index (χ4n) is 1.49. The number of hydrogen-bond acceptors (Lipinski definition) is 5. The number of aromatic nitrogens is 3. The minimum absolute atomic E-state index is 0.117. The second-order valence-corrected chi connectivity index (χ2v) is 4.84. The van der Waals surface area contributed by atoms with Crippen LogP contribution in [0.4, 0.5) is 5.00 Å². The normalized spacial score (nSPS) is 10.7. The zero-order valence-electron chi connectivity index (χ0n) is 8.96. The van der Waals surface area contributed by atoms with Crippen LogP contribution in [0.3, 0.4) is 0 Å². The molecule has 2 aromatic heterocycles. The van der Waals surface area contributed by atoms with Crippen LogP contribution in [-0.2, 0) is 11.9 Å². The van der Waals surface area contributed by atoms with Crippen LogP contribution < -0.4 is 0 Å². The van der Waals surface area contributed by atoms with Gasteiger partial charge in [-0.05, 0) is 13.0 Å². The largest absolute Gasteiger partial charge is 0.324 e. The first-order chi connectivity index (χ1) is 8.17. The Morgan fingerprint density at radius 1 is 1.53 bits per heavy atom. The van der Waals surface area contributed by atoms with Crippen molar-refractivity contribution >= 4 is 32.3 Å². The molecule has 2 rings (SSSR count). The van der Waals surface area contributed by atoms with E-state index in [9.17, 15) is 10.1 Å². The van der Waals surface area contributed by atoms with Crippen LogP contribution in [0.5, 0.6) is 0 Å². The highest BCUT2D eigenvalue weighted by atomic mass is 79.9. The van der Waals surface area contributed by atoms with Gasteiger partial charge in [0, 0.05) is 12.6 Å². The quantitative estimate of drug-likeness (QED) is 0.494. The lowest BCUT2D eigenvalue weighted by atomic mass is 10.4. The molecule has 0 aromatic carbocycles. The topological polar surface area (TPSA) is 73.8 Å². The summed E-state index contributed by atoms with van der Waals surface area (Å²) in [6.07, 6.45) is 0. The summed E-state index contributed by atoms with van der Waals surface area (Å²) in [4.78, 5) is 11.0. The van der Waals surface area contributed by atoms with Gasteiger partial charge >= 0.3 is 5.00 Å². The predicted molar refractivity (Wildman–Crippen MR) is 68.3 cm³/mol. The molecule has 0 aliphatic rings. The Bertz CT molecular complexity index is 551. The lowest BCUT2D eigenvalue weighted by Crippen LogP contribution is -2.00. The SMILES string of the molecule is CCn1c(CBr)nnc1-c1ccc([N+](=O)[O-])s1. The Morgan fingerprint density at radius 3 is 2.82 bits per heavy atom. The second-order valence-electron chi connectivity index (χ2n) is 3.21. The monoisotopic (exact) mass is 316 g/mol. The highest BCUT2D eigenvalue weighted by Gasteiger charge is 2.17. The van der Waals surface area contributed by atoms with Crippen LogP contribution in [0.25, 0.3) is 10.7 Å². The second kappa shape index (κ2) is 4.92. The van der Waals surface area contributed by atoms with E-state index in [2.05, 4.69) is 26.1 Å². The molecule has 2 heterocycles. The van der Waals surface area contributed by atoms with Gasteiger partial charge in [0.2, 0.25) is 0 Å². The van der Waals surface area contributed by atoms with Gasteiger partial charge in [-0.3, -0.25) is 10.1 Å². The Hall–Kier alpha value is -1.28. The Morgan fingerprint density at radius 2 is 2.29 bits per heavy atom. The molecule has 0 bridgehead atoms. The van der Waals surface area contributed by atoms with Crippen LogP contribution >= 0.6 is 27.3 Å². The van der Waals surface area contributed by atoms with E-state index in [1.807, 2.05) is 11.5 Å². The molecule has 0 aliphatic carbocycles. The van der Waals surface area contributed by atoms with E-state index in [1.165, 1.54) is 6.07 Å². The first-order valence-corrected chi connectivity index (χ1v) is 6.83. The Balaban J connectivity index is 2.45. The molecule has 0 radical (unpaired) electrons. The van der Waals surface area contributed by atoms with Crippen molar-refractivity contribution < 1.29 is 4.92 Å². The van der Waals surface area contributed by atoms with E-state index in [0.717, 1.165) is 28.6 Å². The Kier molecular flexibility index (Phi) is 3.53. The third kappa shape index (κ3) is 2.22. The van der Waals surface area contributed by atoms with E-state index in [-0.39, 0.29) is 5.00 Å². The highest BCUT2D eigenvalue weighted by Crippen LogP contribution is 2.32. The summed E-state index contributed by atoms with van der Waals surface area (Å²) in [5.41, 5.74) is 0. The molecule has 0 atom stereocenters. The van der Waals surface area contributed by atoms with E-state index >= 15 is 0 Å². The average Bonchev–Trinajstić information content (AvgIpc) is 2.94. The molecule has 0 amide bonds. The fourth-order valence-corrected chi connectivity index (χ4v) is 2.72. The summed E-state index contributed by atoms with van der Waals surface area (Å²) in [6.45, 7) is 2.72. The zero-order chi connectivity index (χ0) is 12.4. The highest BCUT2D eigenvalue weighted by molar-refractivity contribution is 9.08. The van der Waals surface area contributed by atoms with Crippen molar-refractivity contribution in [2.75, 3.05) is 0 Å². The van der Waals surface area contributed by atoms with Gasteiger partial charge in [0.05, 0.1) is 15.1 Å². The summed E-state index contributed by atoms with van der Waals surface area (Å²) in [5.74, 6) is 1.50. The van der Waals surface area contributed by atoms with E-state index < -0.39 is 4.92 Å². The minimum Gasteiger partial charge on any atom is -0.310 e. The summed E-state index contributed by atoms with van der Waals surface area (Å²) in [7, 11) is 0. The molecule has 0 fully saturated rings. The van der Waals surface area contributed by atoms with Gasteiger partial charge in [-0.2, -0.15) is 0 Å². The molecule has 0 N–H and O–H groups in total. The number of rotatable bonds is 4. The van der Waals surface area contributed by atoms with Crippen molar-refractivity contribution in [3.8, 4) is 10.7 Å². The molecule has 17 heavy (non-hydrogen) atoms. The van der Waals surface area contributed by atoms with Crippen molar-refractivity contribution in [3.05, 3.63) is 28.1 Å². The van der Waals surface area contributed by atoms with Gasteiger partial charge in [-0.1, -0.05) is 27.3 Å². The molecule has 8 heteroatoms. The number of hydrogen-bond donors (Lipinski definition) is 0. The molecular formula is C9H9BrN4O2S. The number of halogens is 1. The van der Waals surface area contributed by atoms with Crippen LogP contribution in [0.1, 0.15) is 12.7 Å². The van der Waals surface area contributed by atoms with E-state index in [0.29, 0.717) is 11.2 Å². The van der Waals surface area contributed by atoms with E-state index in [4.69, 9.17) is 0 Å². The smallest absolute Gasteiger partial charge is 0.310 e. The standard InChI is InChI=1S/C9H9BrN4O2S/c1-2-13-7(5-10)11-12-9(13)6-3-4-8(17-6)14(15)16/h3-4H,2,5H2,1H3. The molecular weight excluding hydrogens is 308 g/mol. The molecule has 6 nitrogen and oxygen atoms in total. The van der Waals surface area contributed by atoms with Gasteiger partial charge < -0.3 is 4.57 Å². The van der Waals surface area contributed by atoms with Crippen LogP contribution in [-0.4, -0.2) is 19.7 Å². The number of nitro groups is 1. The van der Waals surface area contributed by atoms with E-state index in [1.54, 1.807) is 6.07 Å². The van der Waals surface area contributed by atoms with Crippen molar-refractivity contribution in [1.29, 1.82) is 0 Å². The van der Waals surface area contributed by atoms with Crippen LogP contribution in [0.2, 0.25) is 0 Å². The maximum Gasteiger partial charge on any atom is 0.324 e. The first kappa shape index (κ1) is 12.2. The molecule has 90 valence electrons. The summed E-state index contributed by atoms with van der Waals surface area (Å²) >= 11 is 4.45. The third-order valence-corrected chi connectivity index (χ3v) is 3.79. The average molecular weight is 317 g/mol. The van der Waals surface area contributed by atoms with Gasteiger partial charge in [0.15, 0.2) is 5.82 Å². The molecule has 2 aromatic rings. The van der Waals surface area contributed by atoms with Gasteiger partial charge in [0.1, 0.15) is 5.82 Å². The van der Waals surface area contributed by atoms with Crippen molar-refractivity contribution in [1.82, 2.24) is 14.8 Å². The maximum atomic E-state index is 10.6. The molecule has 0 aliphatic heterocycles. The fraction of sp³-hybridized carbons (Fsp3) is 0.333. The van der Waals surface area contributed by atoms with Gasteiger partial charge in [-0.15, -0.1) is 10.2 Å².